The van der Waals surface area contributed by atoms with Crippen LogP contribution in [0.4, 0.5) is 0 Å². The van der Waals surface area contributed by atoms with Gasteiger partial charge in [-0.2, -0.15) is 0 Å². The van der Waals surface area contributed by atoms with Gasteiger partial charge in [0.25, 0.3) is 0 Å². The van der Waals surface area contributed by atoms with Crippen molar-refractivity contribution in [2.24, 2.45) is 0 Å². The van der Waals surface area contributed by atoms with E-state index in [1.54, 1.807) is 0 Å². The van der Waals surface area contributed by atoms with Crippen molar-refractivity contribution in [1.29, 1.82) is 0 Å². The zero-order valence-electron chi connectivity index (χ0n) is 32.8. The van der Waals surface area contributed by atoms with E-state index in [1.807, 2.05) is 12.1 Å². The lowest BCUT2D eigenvalue weighted by molar-refractivity contribution is 0.669. The van der Waals surface area contributed by atoms with E-state index >= 15 is 0 Å². The van der Waals surface area contributed by atoms with Gasteiger partial charge in [0.2, 0.25) is 0 Å². The normalized spacial score (nSPS) is 13.3. The van der Waals surface area contributed by atoms with E-state index < -0.39 is 5.41 Å². The number of furan rings is 1. The molecule has 0 saturated heterocycles. The Labute approximate surface area is 345 Å². The van der Waals surface area contributed by atoms with Crippen molar-refractivity contribution in [3.8, 4) is 33.4 Å². The van der Waals surface area contributed by atoms with Crippen LogP contribution in [0.25, 0.3) is 55.3 Å². The van der Waals surface area contributed by atoms with Gasteiger partial charge in [0, 0.05) is 16.7 Å². The molecule has 1 aliphatic rings. The van der Waals surface area contributed by atoms with Gasteiger partial charge in [-0.25, -0.2) is 0 Å². The average molecular weight is 755 g/mol. The maximum Gasteiger partial charge on any atom is 0.135 e. The molecule has 1 heteroatoms. The van der Waals surface area contributed by atoms with Crippen molar-refractivity contribution in [3.63, 3.8) is 0 Å². The van der Waals surface area contributed by atoms with Gasteiger partial charge in [0.15, 0.2) is 0 Å². The maximum absolute atomic E-state index is 6.07. The van der Waals surface area contributed by atoms with Gasteiger partial charge in [0.1, 0.15) is 11.2 Å². The van der Waals surface area contributed by atoms with Gasteiger partial charge < -0.3 is 4.42 Å². The van der Waals surface area contributed by atoms with Crippen molar-refractivity contribution >= 4 is 21.9 Å². The zero-order chi connectivity index (χ0) is 39.2. The highest BCUT2D eigenvalue weighted by atomic mass is 16.3. The molecule has 1 aliphatic carbocycles. The number of benzene rings is 9. The average Bonchev–Trinajstić information content (AvgIpc) is 3.83. The summed E-state index contributed by atoms with van der Waals surface area (Å²) in [6, 6.07) is 82.5. The minimum absolute atomic E-state index is 0.237. The highest BCUT2D eigenvalue weighted by molar-refractivity contribution is 6.06. The monoisotopic (exact) mass is 754 g/mol. The minimum atomic E-state index is -0.415. The van der Waals surface area contributed by atoms with E-state index in [-0.39, 0.29) is 5.92 Å². The second kappa shape index (κ2) is 14.6. The third kappa shape index (κ3) is 6.01. The molecule has 1 heterocycles. The predicted molar refractivity (Wildman–Crippen MR) is 245 cm³/mol. The fourth-order valence-corrected chi connectivity index (χ4v) is 9.83. The zero-order valence-corrected chi connectivity index (χ0v) is 32.8. The van der Waals surface area contributed by atoms with Crippen molar-refractivity contribution < 1.29 is 4.42 Å². The summed E-state index contributed by atoms with van der Waals surface area (Å²) in [5.74, 6) is 0.237. The van der Waals surface area contributed by atoms with Crippen LogP contribution < -0.4 is 0 Å². The first-order valence-corrected chi connectivity index (χ1v) is 20.8. The SMILES string of the molecule is c1ccc(C(CCc2ccc(-c3ccc(-c4ccc5oc6ccccc6c5c4)cc3)cc2)c2ccc3c(c2)C(c2ccccc2)(c2ccccc2)c2ccccc2-3)cc1. The van der Waals surface area contributed by atoms with Gasteiger partial charge in [-0.1, -0.05) is 206 Å². The third-order valence-corrected chi connectivity index (χ3v) is 12.7. The Bertz CT molecular complexity index is 3030. The summed E-state index contributed by atoms with van der Waals surface area (Å²) in [4.78, 5) is 0. The van der Waals surface area contributed by atoms with E-state index in [0.29, 0.717) is 0 Å². The molecule has 9 aromatic carbocycles. The van der Waals surface area contributed by atoms with Crippen molar-refractivity contribution in [2.75, 3.05) is 0 Å². The Kier molecular flexibility index (Phi) is 8.67. The molecule has 0 fully saturated rings. The number of fused-ring (bicyclic) bond motifs is 6. The van der Waals surface area contributed by atoms with Crippen LogP contribution in [0.1, 0.15) is 51.3 Å². The number of hydrogen-bond donors (Lipinski definition) is 0. The highest BCUT2D eigenvalue weighted by Gasteiger charge is 2.46. The lowest BCUT2D eigenvalue weighted by Crippen LogP contribution is -2.28. The highest BCUT2D eigenvalue weighted by Crippen LogP contribution is 2.56. The van der Waals surface area contributed by atoms with Crippen molar-refractivity contribution in [3.05, 3.63) is 263 Å². The van der Waals surface area contributed by atoms with Crippen LogP contribution in [-0.2, 0) is 11.8 Å². The Hall–Kier alpha value is -7.22. The van der Waals surface area contributed by atoms with Crippen LogP contribution in [0, 0.1) is 0 Å². The third-order valence-electron chi connectivity index (χ3n) is 12.7. The maximum atomic E-state index is 6.07. The van der Waals surface area contributed by atoms with Gasteiger partial charge in [0.05, 0.1) is 5.41 Å². The van der Waals surface area contributed by atoms with Gasteiger partial charge in [-0.05, 0) is 103 Å². The smallest absolute Gasteiger partial charge is 0.135 e. The first-order chi connectivity index (χ1) is 29.2. The van der Waals surface area contributed by atoms with Crippen LogP contribution in [-0.4, -0.2) is 0 Å². The summed E-state index contributed by atoms with van der Waals surface area (Å²) in [7, 11) is 0. The second-order valence-electron chi connectivity index (χ2n) is 15.9. The fraction of sp³-hybridized carbons (Fsp3) is 0.0690. The molecule has 1 aromatic heterocycles. The van der Waals surface area contributed by atoms with Crippen LogP contribution in [0.15, 0.2) is 229 Å². The Morgan fingerprint density at radius 3 is 1.63 bits per heavy atom. The van der Waals surface area contributed by atoms with E-state index in [1.165, 1.54) is 72.3 Å². The van der Waals surface area contributed by atoms with E-state index in [9.17, 15) is 0 Å². The molecule has 59 heavy (non-hydrogen) atoms. The number of rotatable bonds is 9. The van der Waals surface area contributed by atoms with E-state index in [4.69, 9.17) is 4.42 Å². The molecule has 0 N–H and O–H groups in total. The topological polar surface area (TPSA) is 13.1 Å². The second-order valence-corrected chi connectivity index (χ2v) is 15.9. The number of aryl methyl sites for hydroxylation is 1. The van der Waals surface area contributed by atoms with Gasteiger partial charge in [-0.15, -0.1) is 0 Å². The molecule has 1 unspecified atom stereocenters. The molecule has 280 valence electrons. The quantitative estimate of drug-likeness (QED) is 0.143. The molecule has 0 radical (unpaired) electrons. The molecule has 11 rings (SSSR count). The summed E-state index contributed by atoms with van der Waals surface area (Å²) < 4.78 is 6.07. The molecule has 1 nitrogen and oxygen atoms in total. The lowest BCUT2D eigenvalue weighted by atomic mass is 9.67. The summed E-state index contributed by atoms with van der Waals surface area (Å²) in [6.07, 6.45) is 1.98. The minimum Gasteiger partial charge on any atom is -0.456 e. The first kappa shape index (κ1) is 35.0. The summed E-state index contributed by atoms with van der Waals surface area (Å²) >= 11 is 0. The van der Waals surface area contributed by atoms with Crippen LogP contribution in [0.5, 0.6) is 0 Å². The Balaban J connectivity index is 0.897. The summed E-state index contributed by atoms with van der Waals surface area (Å²) in [5.41, 5.74) is 18.3. The summed E-state index contributed by atoms with van der Waals surface area (Å²) in [5, 5.41) is 2.31. The molecule has 0 bridgehead atoms. The van der Waals surface area contributed by atoms with Crippen LogP contribution in [0.3, 0.4) is 0 Å². The molecule has 0 spiro atoms. The fourth-order valence-electron chi connectivity index (χ4n) is 9.83. The van der Waals surface area contributed by atoms with Crippen LogP contribution >= 0.6 is 0 Å². The van der Waals surface area contributed by atoms with Crippen molar-refractivity contribution in [2.45, 2.75) is 24.2 Å². The molecule has 0 aliphatic heterocycles. The molecule has 10 aromatic rings. The van der Waals surface area contributed by atoms with E-state index in [0.717, 1.165) is 34.8 Å². The number of hydrogen-bond acceptors (Lipinski definition) is 1. The Morgan fingerprint density at radius 1 is 0.373 bits per heavy atom. The Morgan fingerprint density at radius 2 is 0.915 bits per heavy atom. The van der Waals surface area contributed by atoms with Gasteiger partial charge >= 0.3 is 0 Å². The molecule has 0 saturated carbocycles. The largest absolute Gasteiger partial charge is 0.456 e. The molecular weight excluding hydrogens is 713 g/mol. The van der Waals surface area contributed by atoms with Crippen molar-refractivity contribution in [1.82, 2.24) is 0 Å². The summed E-state index contributed by atoms with van der Waals surface area (Å²) in [6.45, 7) is 0. The number of para-hydroxylation sites is 1. The van der Waals surface area contributed by atoms with Gasteiger partial charge in [-0.3, -0.25) is 0 Å². The van der Waals surface area contributed by atoms with Crippen LogP contribution in [0.2, 0.25) is 0 Å². The predicted octanol–water partition coefficient (Wildman–Crippen LogP) is 15.0. The molecule has 0 amide bonds. The van der Waals surface area contributed by atoms with E-state index in [2.05, 4.69) is 212 Å². The molecular formula is C58H42O. The first-order valence-electron chi connectivity index (χ1n) is 20.8. The molecule has 1 atom stereocenters. The standard InChI is InChI=1S/C58H42O/c1-4-14-44(15-5-1)49(46-33-36-51-50-20-10-12-22-54(50)58(55(51)39-46,47-16-6-2-7-17-47)48-18-8-3-9-19-48)35-26-40-24-27-41(28-25-40)42-29-31-43(32-30-42)45-34-37-57-53(38-45)52-21-11-13-23-56(52)59-57/h1-25,27-34,36-39,49H,26,35H2. The lowest BCUT2D eigenvalue weighted by Gasteiger charge is -2.34.